The van der Waals surface area contributed by atoms with E-state index in [0.717, 1.165) is 37.7 Å². The van der Waals surface area contributed by atoms with E-state index in [-0.39, 0.29) is 5.28 Å². The lowest BCUT2D eigenvalue weighted by atomic mass is 10.4. The highest BCUT2D eigenvalue weighted by Gasteiger charge is 2.18. The van der Waals surface area contributed by atoms with Crippen LogP contribution in [0.5, 0.6) is 0 Å². The fourth-order valence-corrected chi connectivity index (χ4v) is 2.95. The molecule has 0 bridgehead atoms. The van der Waals surface area contributed by atoms with E-state index in [9.17, 15) is 0 Å². The van der Waals surface area contributed by atoms with Gasteiger partial charge in [-0.15, -0.1) is 0 Å². The van der Waals surface area contributed by atoms with Crippen molar-refractivity contribution >= 4 is 40.9 Å². The molecular weight excluding hydrogens is 312 g/mol. The summed E-state index contributed by atoms with van der Waals surface area (Å²) in [7, 11) is 0. The zero-order valence-electron chi connectivity index (χ0n) is 11.0. The normalized spacial score (nSPS) is 14.6. The molecule has 2 aromatic rings. The molecule has 10 heteroatoms. The molecule has 0 amide bonds. The molecule has 2 aromatic heterocycles. The van der Waals surface area contributed by atoms with Crippen LogP contribution in [0.4, 0.5) is 17.6 Å². The molecule has 0 aromatic carbocycles. The maximum Gasteiger partial charge on any atom is 0.230 e. The Balaban J connectivity index is 1.87. The lowest BCUT2D eigenvalue weighted by molar-refractivity contribution is 0.823. The smallest absolute Gasteiger partial charge is 0.230 e. The number of nitrogen functional groups attached to an aromatic ring is 2. The highest BCUT2D eigenvalue weighted by Crippen LogP contribution is 2.26. The van der Waals surface area contributed by atoms with Gasteiger partial charge in [0.15, 0.2) is 5.16 Å². The van der Waals surface area contributed by atoms with Gasteiger partial charge in [-0.3, -0.25) is 0 Å². The molecule has 3 heterocycles. The topological polar surface area (TPSA) is 120 Å². The molecule has 0 aliphatic carbocycles. The third-order valence-electron chi connectivity index (χ3n) is 2.89. The van der Waals surface area contributed by atoms with Crippen molar-refractivity contribution in [2.75, 3.05) is 29.5 Å². The zero-order chi connectivity index (χ0) is 14.8. The molecule has 1 saturated heterocycles. The highest BCUT2D eigenvalue weighted by atomic mass is 35.5. The molecule has 4 N–H and O–H groups in total. The Bertz CT molecular complexity index is 640. The van der Waals surface area contributed by atoms with E-state index in [0.29, 0.717) is 27.9 Å². The van der Waals surface area contributed by atoms with Gasteiger partial charge >= 0.3 is 0 Å². The summed E-state index contributed by atoms with van der Waals surface area (Å²) in [5.74, 6) is 1.17. The Morgan fingerprint density at radius 3 is 2.24 bits per heavy atom. The van der Waals surface area contributed by atoms with Crippen molar-refractivity contribution in [1.82, 2.24) is 24.9 Å². The van der Waals surface area contributed by atoms with Gasteiger partial charge in [-0.2, -0.15) is 15.0 Å². The predicted molar refractivity (Wildman–Crippen MR) is 81.3 cm³/mol. The second-order valence-electron chi connectivity index (χ2n) is 4.48. The maximum atomic E-state index is 5.96. The van der Waals surface area contributed by atoms with Crippen LogP contribution in [0.25, 0.3) is 0 Å². The fourth-order valence-electron chi connectivity index (χ4n) is 2.02. The Morgan fingerprint density at radius 2 is 1.57 bits per heavy atom. The van der Waals surface area contributed by atoms with E-state index in [1.54, 1.807) is 0 Å². The first-order valence-electron chi connectivity index (χ1n) is 6.34. The highest BCUT2D eigenvalue weighted by molar-refractivity contribution is 7.99. The molecule has 0 saturated carbocycles. The van der Waals surface area contributed by atoms with Crippen molar-refractivity contribution in [2.45, 2.75) is 23.2 Å². The van der Waals surface area contributed by atoms with E-state index in [1.165, 1.54) is 6.07 Å². The standard InChI is InChI=1S/C11H13ClN8S/c12-8-17-9(20-3-1-2-4-20)19-11(18-8)21-10-15-6(13)5-7(14)16-10/h5H,1-4H2,(H4,13,14,15,16). The molecule has 8 nitrogen and oxygen atoms in total. The molecule has 21 heavy (non-hydrogen) atoms. The van der Waals surface area contributed by atoms with E-state index >= 15 is 0 Å². The summed E-state index contributed by atoms with van der Waals surface area (Å²) in [6.45, 7) is 1.85. The lowest BCUT2D eigenvalue weighted by Crippen LogP contribution is -2.21. The van der Waals surface area contributed by atoms with Crippen LogP contribution in [0, 0.1) is 0 Å². The molecule has 1 aliphatic rings. The summed E-state index contributed by atoms with van der Waals surface area (Å²) >= 11 is 7.11. The van der Waals surface area contributed by atoms with Crippen molar-refractivity contribution < 1.29 is 0 Å². The van der Waals surface area contributed by atoms with Crippen molar-refractivity contribution in [2.24, 2.45) is 0 Å². The van der Waals surface area contributed by atoms with Crippen LogP contribution in [0.15, 0.2) is 16.4 Å². The summed E-state index contributed by atoms with van der Waals surface area (Å²) in [5, 5.41) is 0.940. The number of hydrogen-bond acceptors (Lipinski definition) is 9. The first kappa shape index (κ1) is 14.1. The average Bonchev–Trinajstić information content (AvgIpc) is 2.90. The van der Waals surface area contributed by atoms with Gasteiger partial charge in [0.1, 0.15) is 11.6 Å². The van der Waals surface area contributed by atoms with E-state index in [1.807, 2.05) is 0 Å². The second-order valence-corrected chi connectivity index (χ2v) is 5.76. The van der Waals surface area contributed by atoms with Gasteiger partial charge in [0.05, 0.1) is 0 Å². The van der Waals surface area contributed by atoms with Gasteiger partial charge in [-0.05, 0) is 36.2 Å². The molecule has 110 valence electrons. The summed E-state index contributed by atoms with van der Waals surface area (Å²) in [6, 6.07) is 1.49. The van der Waals surface area contributed by atoms with Crippen LogP contribution in [-0.4, -0.2) is 38.0 Å². The van der Waals surface area contributed by atoms with E-state index < -0.39 is 0 Å². The van der Waals surface area contributed by atoms with Gasteiger partial charge in [-0.1, -0.05) is 0 Å². The molecule has 1 fully saturated rings. The largest absolute Gasteiger partial charge is 0.383 e. The van der Waals surface area contributed by atoms with Crippen LogP contribution < -0.4 is 16.4 Å². The van der Waals surface area contributed by atoms with Gasteiger partial charge < -0.3 is 16.4 Å². The minimum absolute atomic E-state index is 0.145. The summed E-state index contributed by atoms with van der Waals surface area (Å²) in [6.07, 6.45) is 2.25. The van der Waals surface area contributed by atoms with E-state index in [4.69, 9.17) is 23.1 Å². The van der Waals surface area contributed by atoms with Crippen LogP contribution in [0.2, 0.25) is 5.28 Å². The molecule has 0 atom stereocenters. The number of halogens is 1. The van der Waals surface area contributed by atoms with Crippen molar-refractivity contribution in [3.63, 3.8) is 0 Å². The molecule has 0 unspecified atom stereocenters. The number of anilines is 3. The van der Waals surface area contributed by atoms with Gasteiger partial charge in [0, 0.05) is 19.2 Å². The number of rotatable bonds is 3. The molecule has 1 aliphatic heterocycles. The number of hydrogen-bond donors (Lipinski definition) is 2. The van der Waals surface area contributed by atoms with Crippen LogP contribution >= 0.6 is 23.4 Å². The van der Waals surface area contributed by atoms with Gasteiger partial charge in [-0.25, -0.2) is 9.97 Å². The van der Waals surface area contributed by atoms with Crippen molar-refractivity contribution in [1.29, 1.82) is 0 Å². The van der Waals surface area contributed by atoms with Gasteiger partial charge in [0.2, 0.25) is 16.4 Å². The van der Waals surface area contributed by atoms with Gasteiger partial charge in [0.25, 0.3) is 0 Å². The Labute approximate surface area is 130 Å². The lowest BCUT2D eigenvalue weighted by Gasteiger charge is -2.15. The van der Waals surface area contributed by atoms with Crippen LogP contribution in [-0.2, 0) is 0 Å². The zero-order valence-corrected chi connectivity index (χ0v) is 12.6. The minimum Gasteiger partial charge on any atom is -0.383 e. The quantitative estimate of drug-likeness (QED) is 0.803. The Kier molecular flexibility index (Phi) is 3.93. The molecular formula is C11H13ClN8S. The third-order valence-corrected chi connectivity index (χ3v) is 3.79. The molecule has 0 spiro atoms. The van der Waals surface area contributed by atoms with E-state index in [2.05, 4.69) is 29.8 Å². The second kappa shape index (κ2) is 5.86. The summed E-state index contributed by atoms with van der Waals surface area (Å²) in [5.41, 5.74) is 11.3. The number of aromatic nitrogens is 5. The Hall–Kier alpha value is -1.87. The number of nitrogens with two attached hydrogens (primary N) is 2. The van der Waals surface area contributed by atoms with Crippen LogP contribution in [0.3, 0.4) is 0 Å². The third kappa shape index (κ3) is 3.42. The van der Waals surface area contributed by atoms with Crippen LogP contribution in [0.1, 0.15) is 12.8 Å². The first-order valence-corrected chi connectivity index (χ1v) is 7.54. The Morgan fingerprint density at radius 1 is 0.952 bits per heavy atom. The summed E-state index contributed by atoms with van der Waals surface area (Å²) < 4.78 is 0. The summed E-state index contributed by atoms with van der Waals surface area (Å²) in [4.78, 5) is 22.9. The molecule has 0 radical (unpaired) electrons. The first-order chi connectivity index (χ1) is 10.1. The van der Waals surface area contributed by atoms with Crippen molar-refractivity contribution in [3.05, 3.63) is 11.3 Å². The monoisotopic (exact) mass is 324 g/mol. The SMILES string of the molecule is Nc1cc(N)nc(Sc2nc(Cl)nc(N3CCCC3)n2)n1. The average molecular weight is 325 g/mol. The number of nitrogens with zero attached hydrogens (tertiary/aromatic N) is 6. The predicted octanol–water partition coefficient (Wildman–Crippen LogP) is 1.23. The molecule has 3 rings (SSSR count). The fraction of sp³-hybridized carbons (Fsp3) is 0.364. The minimum atomic E-state index is 0.145. The maximum absolute atomic E-state index is 5.96. The van der Waals surface area contributed by atoms with Crippen molar-refractivity contribution in [3.8, 4) is 0 Å².